The van der Waals surface area contributed by atoms with Crippen LogP contribution >= 0.6 is 15.9 Å². The quantitative estimate of drug-likeness (QED) is 0.685. The lowest BCUT2D eigenvalue weighted by atomic mass is 9.89. The molecule has 2 atom stereocenters. The van der Waals surface area contributed by atoms with Gasteiger partial charge in [-0.1, -0.05) is 40.5 Å². The summed E-state index contributed by atoms with van der Waals surface area (Å²) in [4.78, 5) is 29.6. The van der Waals surface area contributed by atoms with Crippen LogP contribution in [-0.4, -0.2) is 53.4 Å². The number of fused-ring (bicyclic) bond motifs is 1. The van der Waals surface area contributed by atoms with Gasteiger partial charge in [-0.05, 0) is 49.8 Å². The molecular formula is C21H25BrN2O3. The van der Waals surface area contributed by atoms with Gasteiger partial charge in [-0.25, -0.2) is 0 Å². The highest BCUT2D eigenvalue weighted by Crippen LogP contribution is 2.34. The van der Waals surface area contributed by atoms with Gasteiger partial charge in [-0.2, -0.15) is 0 Å². The fraction of sp³-hybridized carbons (Fsp3) is 0.524. The molecule has 0 aromatic heterocycles. The van der Waals surface area contributed by atoms with Gasteiger partial charge in [0.05, 0.1) is 6.04 Å². The van der Waals surface area contributed by atoms with Crippen LogP contribution in [0.3, 0.4) is 0 Å². The molecule has 4 rings (SSSR count). The van der Waals surface area contributed by atoms with Crippen molar-refractivity contribution in [1.82, 2.24) is 9.80 Å². The second-order valence-corrected chi connectivity index (χ2v) is 8.41. The molecule has 144 valence electrons. The number of hydrogen-bond donors (Lipinski definition) is 0. The standard InChI is InChI=1S/C21H25BrN2O3/c22-16-8-2-1-7-15(16)13-19-21(26)24(14-20(25)23-11-5-6-12-23)17-9-3-4-10-18(17)27-19/h1-2,7-8,13,17-18H,3-6,9-12,14H2/b19-13+. The van der Waals surface area contributed by atoms with Gasteiger partial charge in [-0.15, -0.1) is 0 Å². The van der Waals surface area contributed by atoms with Gasteiger partial charge in [0.15, 0.2) is 5.76 Å². The largest absolute Gasteiger partial charge is 0.482 e. The van der Waals surface area contributed by atoms with Crippen molar-refractivity contribution in [3.8, 4) is 0 Å². The Morgan fingerprint density at radius 2 is 1.89 bits per heavy atom. The Bertz CT molecular complexity index is 758. The number of likely N-dealkylation sites (tertiary alicyclic amines) is 1. The Kier molecular flexibility index (Phi) is 5.53. The van der Waals surface area contributed by atoms with E-state index >= 15 is 0 Å². The van der Waals surface area contributed by atoms with Crippen LogP contribution in [0.25, 0.3) is 6.08 Å². The van der Waals surface area contributed by atoms with Crippen molar-refractivity contribution in [3.63, 3.8) is 0 Å². The number of carbonyl (C=O) groups is 2. The Morgan fingerprint density at radius 1 is 1.15 bits per heavy atom. The van der Waals surface area contributed by atoms with Crippen LogP contribution in [0, 0.1) is 0 Å². The molecule has 27 heavy (non-hydrogen) atoms. The number of hydrogen-bond acceptors (Lipinski definition) is 3. The minimum Gasteiger partial charge on any atom is -0.482 e. The third-order valence-corrected chi connectivity index (χ3v) is 6.50. The molecule has 1 aromatic carbocycles. The topological polar surface area (TPSA) is 49.9 Å². The second kappa shape index (κ2) is 8.05. The van der Waals surface area contributed by atoms with E-state index in [-0.39, 0.29) is 30.5 Å². The Hall–Kier alpha value is -1.82. The fourth-order valence-electron chi connectivity index (χ4n) is 4.31. The Labute approximate surface area is 168 Å². The van der Waals surface area contributed by atoms with E-state index in [1.807, 2.05) is 29.2 Å². The number of morpholine rings is 1. The molecule has 0 radical (unpaired) electrons. The van der Waals surface area contributed by atoms with Gasteiger partial charge in [0.1, 0.15) is 12.6 Å². The van der Waals surface area contributed by atoms with Crippen molar-refractivity contribution in [3.05, 3.63) is 40.1 Å². The van der Waals surface area contributed by atoms with Gasteiger partial charge in [0.25, 0.3) is 5.91 Å². The number of ether oxygens (including phenoxy) is 1. The molecule has 1 saturated carbocycles. The molecule has 0 spiro atoms. The molecule has 3 aliphatic rings. The van der Waals surface area contributed by atoms with Crippen molar-refractivity contribution >= 4 is 33.8 Å². The predicted molar refractivity (Wildman–Crippen MR) is 107 cm³/mol. The number of amides is 2. The first-order valence-electron chi connectivity index (χ1n) is 9.85. The summed E-state index contributed by atoms with van der Waals surface area (Å²) in [5.74, 6) is 0.244. The highest BCUT2D eigenvalue weighted by atomic mass is 79.9. The molecule has 2 unspecified atom stereocenters. The van der Waals surface area contributed by atoms with Crippen LogP contribution in [-0.2, 0) is 14.3 Å². The lowest BCUT2D eigenvalue weighted by Gasteiger charge is -2.44. The summed E-state index contributed by atoms with van der Waals surface area (Å²) in [5, 5.41) is 0. The van der Waals surface area contributed by atoms with E-state index in [9.17, 15) is 9.59 Å². The summed E-state index contributed by atoms with van der Waals surface area (Å²) in [6, 6.07) is 7.77. The fourth-order valence-corrected chi connectivity index (χ4v) is 4.71. The molecule has 0 bridgehead atoms. The maximum absolute atomic E-state index is 13.2. The zero-order valence-electron chi connectivity index (χ0n) is 15.4. The zero-order chi connectivity index (χ0) is 18.8. The van der Waals surface area contributed by atoms with E-state index in [1.54, 1.807) is 11.0 Å². The number of benzene rings is 1. The van der Waals surface area contributed by atoms with Crippen LogP contribution in [0.2, 0.25) is 0 Å². The van der Waals surface area contributed by atoms with Gasteiger partial charge in [0, 0.05) is 17.6 Å². The number of rotatable bonds is 3. The molecule has 1 aromatic rings. The van der Waals surface area contributed by atoms with E-state index in [1.165, 1.54) is 0 Å². The van der Waals surface area contributed by atoms with Crippen LogP contribution in [0.5, 0.6) is 0 Å². The first-order chi connectivity index (χ1) is 13.1. The van der Waals surface area contributed by atoms with Gasteiger partial charge < -0.3 is 14.5 Å². The lowest BCUT2D eigenvalue weighted by molar-refractivity contribution is -0.154. The van der Waals surface area contributed by atoms with E-state index in [2.05, 4.69) is 15.9 Å². The molecule has 2 amide bonds. The first-order valence-corrected chi connectivity index (χ1v) is 10.6. The van der Waals surface area contributed by atoms with Crippen LogP contribution in [0.15, 0.2) is 34.5 Å². The minimum absolute atomic E-state index is 0.00849. The average molecular weight is 433 g/mol. The molecule has 2 aliphatic heterocycles. The van der Waals surface area contributed by atoms with Crippen molar-refractivity contribution in [2.24, 2.45) is 0 Å². The third-order valence-electron chi connectivity index (χ3n) is 5.77. The molecule has 2 heterocycles. The maximum atomic E-state index is 13.2. The first kappa shape index (κ1) is 18.5. The van der Waals surface area contributed by atoms with E-state index < -0.39 is 0 Å². The van der Waals surface area contributed by atoms with Crippen molar-refractivity contribution in [1.29, 1.82) is 0 Å². The predicted octanol–water partition coefficient (Wildman–Crippen LogP) is 3.58. The molecule has 5 nitrogen and oxygen atoms in total. The van der Waals surface area contributed by atoms with E-state index in [0.717, 1.165) is 61.7 Å². The molecular weight excluding hydrogens is 408 g/mol. The maximum Gasteiger partial charge on any atom is 0.289 e. The molecule has 2 saturated heterocycles. The van der Waals surface area contributed by atoms with Gasteiger partial charge in [0.2, 0.25) is 5.91 Å². The van der Waals surface area contributed by atoms with E-state index in [0.29, 0.717) is 5.76 Å². The summed E-state index contributed by atoms with van der Waals surface area (Å²) in [6.07, 6.45) is 7.91. The normalized spacial score (nSPS) is 26.9. The SMILES string of the molecule is O=C(CN1C(=O)/C(=C\c2ccccc2Br)OC2CCCCC21)N1CCCC1. The van der Waals surface area contributed by atoms with Crippen molar-refractivity contribution < 1.29 is 14.3 Å². The average Bonchev–Trinajstić information content (AvgIpc) is 3.21. The summed E-state index contributed by atoms with van der Waals surface area (Å²) in [5.41, 5.74) is 0.904. The Balaban J connectivity index is 1.60. The Morgan fingerprint density at radius 3 is 2.67 bits per heavy atom. The number of halogens is 1. The highest BCUT2D eigenvalue weighted by Gasteiger charge is 2.42. The third kappa shape index (κ3) is 3.91. The smallest absolute Gasteiger partial charge is 0.289 e. The van der Waals surface area contributed by atoms with E-state index in [4.69, 9.17) is 4.74 Å². The summed E-state index contributed by atoms with van der Waals surface area (Å²) < 4.78 is 7.04. The molecule has 6 heteroatoms. The lowest BCUT2D eigenvalue weighted by Crippen LogP contribution is -2.57. The van der Waals surface area contributed by atoms with Crippen LogP contribution < -0.4 is 0 Å². The van der Waals surface area contributed by atoms with Crippen molar-refractivity contribution in [2.75, 3.05) is 19.6 Å². The summed E-state index contributed by atoms with van der Waals surface area (Å²) >= 11 is 3.53. The molecule has 3 fully saturated rings. The highest BCUT2D eigenvalue weighted by molar-refractivity contribution is 9.10. The van der Waals surface area contributed by atoms with Crippen LogP contribution in [0.4, 0.5) is 0 Å². The number of nitrogens with zero attached hydrogens (tertiary/aromatic N) is 2. The molecule has 0 N–H and O–H groups in total. The van der Waals surface area contributed by atoms with Crippen LogP contribution in [0.1, 0.15) is 44.1 Å². The summed E-state index contributed by atoms with van der Waals surface area (Å²) in [6.45, 7) is 1.78. The monoisotopic (exact) mass is 432 g/mol. The molecule has 1 aliphatic carbocycles. The second-order valence-electron chi connectivity index (χ2n) is 7.56. The minimum atomic E-state index is -0.165. The van der Waals surface area contributed by atoms with Gasteiger partial charge >= 0.3 is 0 Å². The number of carbonyl (C=O) groups excluding carboxylic acids is 2. The zero-order valence-corrected chi connectivity index (χ0v) is 17.0. The summed E-state index contributed by atoms with van der Waals surface area (Å²) in [7, 11) is 0. The van der Waals surface area contributed by atoms with Crippen molar-refractivity contribution in [2.45, 2.75) is 50.7 Å². The van der Waals surface area contributed by atoms with Gasteiger partial charge in [-0.3, -0.25) is 9.59 Å².